The van der Waals surface area contributed by atoms with Gasteiger partial charge in [0, 0.05) is 36.5 Å². The second kappa shape index (κ2) is 5.89. The summed E-state index contributed by atoms with van der Waals surface area (Å²) in [5, 5.41) is 4.22. The van der Waals surface area contributed by atoms with Gasteiger partial charge in [-0.1, -0.05) is 23.7 Å². The van der Waals surface area contributed by atoms with E-state index >= 15 is 0 Å². The smallest absolute Gasteiger partial charge is 0.0406 e. The molecule has 0 unspecified atom stereocenters. The quantitative estimate of drug-likeness (QED) is 0.858. The van der Waals surface area contributed by atoms with Crippen molar-refractivity contribution in [2.75, 3.05) is 0 Å². The average Bonchev–Trinajstić information content (AvgIpc) is 2.79. The Bertz CT molecular complexity index is 459. The van der Waals surface area contributed by atoms with Gasteiger partial charge in [0.15, 0.2) is 0 Å². The first kappa shape index (κ1) is 12.2. The minimum atomic E-state index is 0.786. The molecule has 0 amide bonds. The van der Waals surface area contributed by atoms with Crippen LogP contribution in [-0.2, 0) is 19.6 Å². The Balaban J connectivity index is 1.85. The molecule has 1 aromatic carbocycles. The number of aryl methyl sites for hydroxylation is 1. The van der Waals surface area contributed by atoms with Crippen molar-refractivity contribution in [3.05, 3.63) is 58.9 Å². The maximum Gasteiger partial charge on any atom is 0.0406 e. The molecule has 1 heterocycles. The Morgan fingerprint density at radius 3 is 2.59 bits per heavy atom. The SMILES string of the molecule is CCn1cccc1CNCc1ccc(Cl)cc1. The largest absolute Gasteiger partial charge is 0.351 e. The molecule has 2 aromatic rings. The zero-order valence-electron chi connectivity index (χ0n) is 9.99. The Labute approximate surface area is 107 Å². The van der Waals surface area contributed by atoms with Crippen LogP contribution < -0.4 is 5.32 Å². The highest BCUT2D eigenvalue weighted by molar-refractivity contribution is 6.30. The Hall–Kier alpha value is -1.25. The van der Waals surface area contributed by atoms with Gasteiger partial charge in [-0.2, -0.15) is 0 Å². The van der Waals surface area contributed by atoms with E-state index in [1.54, 1.807) is 0 Å². The number of nitrogens with zero attached hydrogens (tertiary/aromatic N) is 1. The van der Waals surface area contributed by atoms with Crippen LogP contribution >= 0.6 is 11.6 Å². The normalized spacial score (nSPS) is 10.7. The number of halogens is 1. The van der Waals surface area contributed by atoms with E-state index in [1.807, 2.05) is 24.3 Å². The molecule has 0 radical (unpaired) electrons. The standard InChI is InChI=1S/C14H17ClN2/c1-2-17-9-3-4-14(17)11-16-10-12-5-7-13(15)8-6-12/h3-9,16H,2,10-11H2,1H3. The van der Waals surface area contributed by atoms with Gasteiger partial charge >= 0.3 is 0 Å². The van der Waals surface area contributed by atoms with Gasteiger partial charge in [-0.15, -0.1) is 0 Å². The Kier molecular flexibility index (Phi) is 4.24. The molecule has 0 saturated heterocycles. The summed E-state index contributed by atoms with van der Waals surface area (Å²) in [5.74, 6) is 0. The van der Waals surface area contributed by atoms with E-state index in [9.17, 15) is 0 Å². The molecule has 0 saturated carbocycles. The molecule has 0 atom stereocenters. The average molecular weight is 249 g/mol. The maximum absolute atomic E-state index is 5.84. The third-order valence-corrected chi connectivity index (χ3v) is 3.06. The molecule has 0 aliphatic carbocycles. The van der Waals surface area contributed by atoms with Crippen LogP contribution in [0.4, 0.5) is 0 Å². The molecule has 0 aliphatic rings. The molecule has 17 heavy (non-hydrogen) atoms. The van der Waals surface area contributed by atoms with Crippen molar-refractivity contribution in [1.82, 2.24) is 9.88 Å². The lowest BCUT2D eigenvalue weighted by Gasteiger charge is -2.08. The predicted octanol–water partition coefficient (Wildman–Crippen LogP) is 3.45. The number of nitrogens with one attached hydrogen (secondary N) is 1. The van der Waals surface area contributed by atoms with Crippen LogP contribution in [0.2, 0.25) is 5.02 Å². The maximum atomic E-state index is 5.84. The van der Waals surface area contributed by atoms with Crippen LogP contribution in [0.25, 0.3) is 0 Å². The fraction of sp³-hybridized carbons (Fsp3) is 0.286. The lowest BCUT2D eigenvalue weighted by atomic mass is 10.2. The highest BCUT2D eigenvalue weighted by Crippen LogP contribution is 2.09. The monoisotopic (exact) mass is 248 g/mol. The van der Waals surface area contributed by atoms with Crippen molar-refractivity contribution in [1.29, 1.82) is 0 Å². The van der Waals surface area contributed by atoms with Crippen molar-refractivity contribution < 1.29 is 0 Å². The number of hydrogen-bond donors (Lipinski definition) is 1. The van der Waals surface area contributed by atoms with Crippen LogP contribution in [0.1, 0.15) is 18.2 Å². The van der Waals surface area contributed by atoms with Crippen molar-refractivity contribution in [3.8, 4) is 0 Å². The van der Waals surface area contributed by atoms with Crippen LogP contribution in [0.15, 0.2) is 42.6 Å². The van der Waals surface area contributed by atoms with Crippen LogP contribution in [0.3, 0.4) is 0 Å². The first-order valence-electron chi connectivity index (χ1n) is 5.89. The first-order valence-corrected chi connectivity index (χ1v) is 6.26. The van der Waals surface area contributed by atoms with E-state index in [1.165, 1.54) is 11.3 Å². The van der Waals surface area contributed by atoms with Crippen LogP contribution in [-0.4, -0.2) is 4.57 Å². The van der Waals surface area contributed by atoms with Crippen molar-refractivity contribution >= 4 is 11.6 Å². The predicted molar refractivity (Wildman–Crippen MR) is 72.1 cm³/mol. The van der Waals surface area contributed by atoms with Gasteiger partial charge in [-0.25, -0.2) is 0 Å². The molecule has 2 nitrogen and oxygen atoms in total. The summed E-state index contributed by atoms with van der Waals surface area (Å²) in [5.41, 5.74) is 2.57. The van der Waals surface area contributed by atoms with Crippen molar-refractivity contribution in [2.45, 2.75) is 26.6 Å². The zero-order chi connectivity index (χ0) is 12.1. The lowest BCUT2D eigenvalue weighted by molar-refractivity contribution is 0.629. The molecule has 90 valence electrons. The molecule has 1 aromatic heterocycles. The first-order chi connectivity index (χ1) is 8.29. The fourth-order valence-corrected chi connectivity index (χ4v) is 1.98. The highest BCUT2D eigenvalue weighted by atomic mass is 35.5. The van der Waals surface area contributed by atoms with E-state index in [0.717, 1.165) is 24.7 Å². The summed E-state index contributed by atoms with van der Waals surface area (Å²) in [6, 6.07) is 12.2. The lowest BCUT2D eigenvalue weighted by Crippen LogP contribution is -2.15. The Morgan fingerprint density at radius 2 is 1.88 bits per heavy atom. The summed E-state index contributed by atoms with van der Waals surface area (Å²) < 4.78 is 2.24. The number of hydrogen-bond acceptors (Lipinski definition) is 1. The Morgan fingerprint density at radius 1 is 1.12 bits per heavy atom. The van der Waals surface area contributed by atoms with Crippen LogP contribution in [0, 0.1) is 0 Å². The minimum Gasteiger partial charge on any atom is -0.351 e. The van der Waals surface area contributed by atoms with Gasteiger partial charge < -0.3 is 9.88 Å². The second-order valence-corrected chi connectivity index (χ2v) is 4.45. The van der Waals surface area contributed by atoms with E-state index in [2.05, 4.69) is 35.1 Å². The molecule has 3 heteroatoms. The van der Waals surface area contributed by atoms with Gasteiger partial charge in [-0.3, -0.25) is 0 Å². The number of benzene rings is 1. The summed E-state index contributed by atoms with van der Waals surface area (Å²) in [6.07, 6.45) is 2.11. The molecular weight excluding hydrogens is 232 g/mol. The van der Waals surface area contributed by atoms with Gasteiger partial charge in [0.05, 0.1) is 0 Å². The molecule has 0 aliphatic heterocycles. The molecular formula is C14H17ClN2. The van der Waals surface area contributed by atoms with E-state index < -0.39 is 0 Å². The van der Waals surface area contributed by atoms with Gasteiger partial charge in [-0.05, 0) is 36.8 Å². The van der Waals surface area contributed by atoms with Crippen molar-refractivity contribution in [2.24, 2.45) is 0 Å². The number of rotatable bonds is 5. The summed E-state index contributed by atoms with van der Waals surface area (Å²) in [7, 11) is 0. The second-order valence-electron chi connectivity index (χ2n) is 4.02. The summed E-state index contributed by atoms with van der Waals surface area (Å²) in [4.78, 5) is 0. The molecule has 0 bridgehead atoms. The van der Waals surface area contributed by atoms with Crippen molar-refractivity contribution in [3.63, 3.8) is 0 Å². The summed E-state index contributed by atoms with van der Waals surface area (Å²) >= 11 is 5.84. The molecule has 1 N–H and O–H groups in total. The zero-order valence-corrected chi connectivity index (χ0v) is 10.7. The molecule has 2 rings (SSSR count). The van der Waals surface area contributed by atoms with E-state index in [-0.39, 0.29) is 0 Å². The minimum absolute atomic E-state index is 0.786. The van der Waals surface area contributed by atoms with Gasteiger partial charge in [0.2, 0.25) is 0 Å². The van der Waals surface area contributed by atoms with Gasteiger partial charge in [0.25, 0.3) is 0 Å². The highest BCUT2D eigenvalue weighted by Gasteiger charge is 1.98. The molecule has 0 fully saturated rings. The molecule has 0 spiro atoms. The number of aromatic nitrogens is 1. The van der Waals surface area contributed by atoms with E-state index in [0.29, 0.717) is 0 Å². The van der Waals surface area contributed by atoms with Crippen LogP contribution in [0.5, 0.6) is 0 Å². The van der Waals surface area contributed by atoms with Gasteiger partial charge in [0.1, 0.15) is 0 Å². The third kappa shape index (κ3) is 3.35. The fourth-order valence-electron chi connectivity index (χ4n) is 1.86. The topological polar surface area (TPSA) is 17.0 Å². The van der Waals surface area contributed by atoms with E-state index in [4.69, 9.17) is 11.6 Å². The summed E-state index contributed by atoms with van der Waals surface area (Å²) in [6.45, 7) is 4.93. The third-order valence-electron chi connectivity index (χ3n) is 2.81.